The lowest BCUT2D eigenvalue weighted by atomic mass is 10.1. The summed E-state index contributed by atoms with van der Waals surface area (Å²) in [5.41, 5.74) is 1.12. The Kier molecular flexibility index (Phi) is 5.34. The van der Waals surface area contributed by atoms with E-state index in [0.29, 0.717) is 31.9 Å². The highest BCUT2D eigenvalue weighted by molar-refractivity contribution is 6.22. The number of imide groups is 1. The highest BCUT2D eigenvalue weighted by Crippen LogP contribution is 2.28. The lowest BCUT2D eigenvalue weighted by Crippen LogP contribution is -2.52. The molecule has 160 valence electrons. The summed E-state index contributed by atoms with van der Waals surface area (Å²) >= 11 is 0. The number of nitro benzene ring substituents is 2. The third-order valence-electron chi connectivity index (χ3n) is 5.62. The van der Waals surface area contributed by atoms with Gasteiger partial charge >= 0.3 is 0 Å². The summed E-state index contributed by atoms with van der Waals surface area (Å²) in [7, 11) is 0. The van der Waals surface area contributed by atoms with Crippen molar-refractivity contribution in [3.8, 4) is 0 Å². The van der Waals surface area contributed by atoms with E-state index in [-0.39, 0.29) is 29.6 Å². The summed E-state index contributed by atoms with van der Waals surface area (Å²) in [5.74, 6) is -0.663. The first-order chi connectivity index (χ1) is 14.8. The molecular formula is C20H19N5O6. The van der Waals surface area contributed by atoms with Gasteiger partial charge in [-0.1, -0.05) is 0 Å². The molecule has 11 nitrogen and oxygen atoms in total. The van der Waals surface area contributed by atoms with Gasteiger partial charge in [-0.25, -0.2) is 4.90 Å². The number of carbonyl (C=O) groups is 2. The van der Waals surface area contributed by atoms with Crippen LogP contribution in [0, 0.1) is 20.2 Å². The van der Waals surface area contributed by atoms with Gasteiger partial charge in [-0.15, -0.1) is 0 Å². The monoisotopic (exact) mass is 425 g/mol. The van der Waals surface area contributed by atoms with Crippen LogP contribution in [0.5, 0.6) is 0 Å². The minimum absolute atomic E-state index is 0.0313. The third-order valence-corrected chi connectivity index (χ3v) is 5.62. The number of benzene rings is 2. The van der Waals surface area contributed by atoms with Gasteiger partial charge in [-0.3, -0.25) is 34.7 Å². The van der Waals surface area contributed by atoms with Crippen LogP contribution < -0.4 is 9.80 Å². The Morgan fingerprint density at radius 2 is 1.23 bits per heavy atom. The number of piperazine rings is 1. The molecule has 2 amide bonds. The maximum atomic E-state index is 12.9. The summed E-state index contributed by atoms with van der Waals surface area (Å²) in [5, 5.41) is 21.6. The van der Waals surface area contributed by atoms with E-state index in [9.17, 15) is 29.8 Å². The van der Waals surface area contributed by atoms with Crippen molar-refractivity contribution in [1.82, 2.24) is 4.90 Å². The lowest BCUT2D eigenvalue weighted by Gasteiger charge is -2.38. The second-order valence-corrected chi connectivity index (χ2v) is 7.36. The summed E-state index contributed by atoms with van der Waals surface area (Å²) in [6.45, 7) is 2.37. The van der Waals surface area contributed by atoms with Crippen LogP contribution in [0.2, 0.25) is 0 Å². The van der Waals surface area contributed by atoms with Crippen molar-refractivity contribution in [2.75, 3.05) is 36.0 Å². The van der Waals surface area contributed by atoms with E-state index in [4.69, 9.17) is 0 Å². The second-order valence-electron chi connectivity index (χ2n) is 7.36. The molecule has 0 saturated carbocycles. The van der Waals surface area contributed by atoms with E-state index in [0.717, 1.165) is 10.6 Å². The number of carbonyl (C=O) groups excluding carboxylic acids is 2. The van der Waals surface area contributed by atoms with E-state index < -0.39 is 15.9 Å². The van der Waals surface area contributed by atoms with Crippen molar-refractivity contribution in [2.45, 2.75) is 12.5 Å². The molecule has 2 aromatic carbocycles. The zero-order chi connectivity index (χ0) is 22.1. The molecule has 0 aliphatic carbocycles. The summed E-state index contributed by atoms with van der Waals surface area (Å²) < 4.78 is 0. The highest BCUT2D eigenvalue weighted by atomic mass is 16.6. The van der Waals surface area contributed by atoms with Crippen LogP contribution in [-0.2, 0) is 9.59 Å². The molecule has 2 aliphatic heterocycles. The molecule has 2 heterocycles. The number of hydrogen-bond acceptors (Lipinski definition) is 8. The summed E-state index contributed by atoms with van der Waals surface area (Å²) in [6, 6.07) is 11.1. The Balaban J connectivity index is 1.41. The van der Waals surface area contributed by atoms with Crippen molar-refractivity contribution in [2.24, 2.45) is 0 Å². The molecule has 31 heavy (non-hydrogen) atoms. The topological polar surface area (TPSA) is 130 Å². The normalized spacial score (nSPS) is 19.7. The summed E-state index contributed by atoms with van der Waals surface area (Å²) in [4.78, 5) is 51.2. The van der Waals surface area contributed by atoms with E-state index in [1.165, 1.54) is 36.4 Å². The van der Waals surface area contributed by atoms with Gasteiger partial charge < -0.3 is 4.90 Å². The average Bonchev–Trinajstić information content (AvgIpc) is 3.08. The fourth-order valence-electron chi connectivity index (χ4n) is 3.97. The average molecular weight is 425 g/mol. The molecule has 2 aromatic rings. The SMILES string of the molecule is O=C1CC(N2CCN(c3ccc([N+](=O)[O-])cc3)CC2)C(=O)N1c1ccc([N+](=O)[O-])cc1. The van der Waals surface area contributed by atoms with Gasteiger partial charge in [0, 0.05) is 56.1 Å². The number of amides is 2. The standard InChI is InChI=1S/C20H19N5O6/c26-19-13-18(20(27)23(19)15-3-7-17(8-4-15)25(30)31)22-11-9-21(10-12-22)14-1-5-16(6-2-14)24(28)29/h1-8,18H,9-13H2. The van der Waals surface area contributed by atoms with E-state index in [1.807, 2.05) is 4.90 Å². The maximum Gasteiger partial charge on any atom is 0.269 e. The first-order valence-electron chi connectivity index (χ1n) is 9.70. The molecule has 0 N–H and O–H groups in total. The fraction of sp³-hybridized carbons (Fsp3) is 0.300. The van der Waals surface area contributed by atoms with Gasteiger partial charge in [0.2, 0.25) is 5.91 Å². The zero-order valence-electron chi connectivity index (χ0n) is 16.4. The first-order valence-corrected chi connectivity index (χ1v) is 9.70. The molecule has 4 rings (SSSR count). The van der Waals surface area contributed by atoms with Gasteiger partial charge in [0.15, 0.2) is 0 Å². The van der Waals surface area contributed by atoms with Crippen LogP contribution in [0.3, 0.4) is 0 Å². The Morgan fingerprint density at radius 1 is 0.742 bits per heavy atom. The van der Waals surface area contributed by atoms with Crippen molar-refractivity contribution >= 4 is 34.6 Å². The van der Waals surface area contributed by atoms with Crippen molar-refractivity contribution in [3.63, 3.8) is 0 Å². The molecule has 2 saturated heterocycles. The Hall–Kier alpha value is -3.86. The van der Waals surface area contributed by atoms with Crippen molar-refractivity contribution in [1.29, 1.82) is 0 Å². The van der Waals surface area contributed by atoms with Crippen molar-refractivity contribution in [3.05, 3.63) is 68.8 Å². The highest BCUT2D eigenvalue weighted by Gasteiger charge is 2.43. The van der Waals surface area contributed by atoms with Crippen LogP contribution >= 0.6 is 0 Å². The van der Waals surface area contributed by atoms with Crippen molar-refractivity contribution < 1.29 is 19.4 Å². The largest absolute Gasteiger partial charge is 0.369 e. The van der Waals surface area contributed by atoms with Gasteiger partial charge in [0.25, 0.3) is 17.3 Å². The molecule has 0 bridgehead atoms. The molecule has 11 heteroatoms. The van der Waals surface area contributed by atoms with E-state index >= 15 is 0 Å². The molecule has 2 aliphatic rings. The summed E-state index contributed by atoms with van der Waals surface area (Å²) in [6.07, 6.45) is 0.0628. The lowest BCUT2D eigenvalue weighted by molar-refractivity contribution is -0.385. The molecule has 0 spiro atoms. The van der Waals surface area contributed by atoms with Crippen LogP contribution in [0.15, 0.2) is 48.5 Å². The molecule has 0 radical (unpaired) electrons. The molecular weight excluding hydrogens is 406 g/mol. The van der Waals surface area contributed by atoms with E-state index in [1.54, 1.807) is 12.1 Å². The predicted octanol–water partition coefficient (Wildman–Crippen LogP) is 1.96. The Labute approximate surface area is 176 Å². The minimum Gasteiger partial charge on any atom is -0.369 e. The predicted molar refractivity (Wildman–Crippen MR) is 111 cm³/mol. The molecule has 2 fully saturated rings. The smallest absolute Gasteiger partial charge is 0.269 e. The molecule has 1 atom stereocenters. The second kappa shape index (κ2) is 8.11. The number of nitro groups is 2. The number of non-ortho nitro benzene ring substituents is 2. The van der Waals surface area contributed by atoms with Gasteiger partial charge in [-0.05, 0) is 24.3 Å². The molecule has 0 aromatic heterocycles. The van der Waals surface area contributed by atoms with Crippen LogP contribution in [0.25, 0.3) is 0 Å². The minimum atomic E-state index is -0.568. The Morgan fingerprint density at radius 3 is 1.71 bits per heavy atom. The number of rotatable bonds is 5. The fourth-order valence-corrected chi connectivity index (χ4v) is 3.97. The Bertz CT molecular complexity index is 1030. The third kappa shape index (κ3) is 3.94. The van der Waals surface area contributed by atoms with Crippen LogP contribution in [0.4, 0.5) is 22.7 Å². The number of nitrogens with zero attached hydrogens (tertiary/aromatic N) is 5. The zero-order valence-corrected chi connectivity index (χ0v) is 16.4. The van der Waals surface area contributed by atoms with Gasteiger partial charge in [0.05, 0.1) is 28.0 Å². The maximum absolute atomic E-state index is 12.9. The van der Waals surface area contributed by atoms with Crippen LogP contribution in [0.1, 0.15) is 6.42 Å². The van der Waals surface area contributed by atoms with Gasteiger partial charge in [-0.2, -0.15) is 0 Å². The van der Waals surface area contributed by atoms with Gasteiger partial charge in [0.1, 0.15) is 0 Å². The number of anilines is 2. The molecule has 1 unspecified atom stereocenters. The van der Waals surface area contributed by atoms with E-state index in [2.05, 4.69) is 4.90 Å². The first kappa shape index (κ1) is 20.4. The quantitative estimate of drug-likeness (QED) is 0.404. The number of hydrogen-bond donors (Lipinski definition) is 0. The van der Waals surface area contributed by atoms with Crippen LogP contribution in [-0.4, -0.2) is 58.8 Å².